The average molecular weight is 295 g/mol. The van der Waals surface area contributed by atoms with Gasteiger partial charge in [-0.15, -0.1) is 0 Å². The molecular formula is C16H25NO4. The summed E-state index contributed by atoms with van der Waals surface area (Å²) in [5.74, 6) is 0. The van der Waals surface area contributed by atoms with E-state index in [1.54, 1.807) is 6.08 Å². The van der Waals surface area contributed by atoms with Gasteiger partial charge in [0.05, 0.1) is 12.2 Å². The molecule has 0 aromatic heterocycles. The SMILES string of the molecule is C=Cc1ccc(CN(C)CC(O)C(O)C(O)CCO)cc1. The standard InChI is InChI=1S/C16H25NO4/c1-3-12-4-6-13(7-5-12)10-17(2)11-15(20)16(21)14(19)8-9-18/h3-7,14-16,18-21H,1,8-11H2,2H3. The van der Waals surface area contributed by atoms with Crippen LogP contribution in [-0.4, -0.2) is 63.8 Å². The van der Waals surface area contributed by atoms with Crippen LogP contribution in [-0.2, 0) is 6.54 Å². The molecule has 118 valence electrons. The molecule has 0 amide bonds. The molecule has 0 bridgehead atoms. The highest BCUT2D eigenvalue weighted by atomic mass is 16.4. The van der Waals surface area contributed by atoms with Crippen LogP contribution in [0.15, 0.2) is 30.8 Å². The van der Waals surface area contributed by atoms with Crippen molar-refractivity contribution in [3.63, 3.8) is 0 Å². The Bertz CT molecular complexity index is 421. The van der Waals surface area contributed by atoms with Crippen molar-refractivity contribution in [2.45, 2.75) is 31.3 Å². The molecule has 0 saturated heterocycles. The highest BCUT2D eigenvalue weighted by Crippen LogP contribution is 2.10. The molecule has 3 atom stereocenters. The third-order valence-corrected chi connectivity index (χ3v) is 3.38. The van der Waals surface area contributed by atoms with Gasteiger partial charge in [-0.25, -0.2) is 0 Å². The first-order valence-electron chi connectivity index (χ1n) is 7.03. The molecule has 0 fully saturated rings. The van der Waals surface area contributed by atoms with E-state index in [0.29, 0.717) is 6.54 Å². The second-order valence-electron chi connectivity index (χ2n) is 5.28. The van der Waals surface area contributed by atoms with Crippen molar-refractivity contribution in [3.05, 3.63) is 42.0 Å². The molecule has 3 unspecified atom stereocenters. The Morgan fingerprint density at radius 2 is 1.76 bits per heavy atom. The van der Waals surface area contributed by atoms with Crippen LogP contribution >= 0.6 is 0 Å². The maximum absolute atomic E-state index is 9.90. The lowest BCUT2D eigenvalue weighted by molar-refractivity contribution is -0.0734. The molecule has 0 aliphatic rings. The van der Waals surface area contributed by atoms with E-state index in [1.807, 2.05) is 36.2 Å². The summed E-state index contributed by atoms with van der Waals surface area (Å²) in [6.45, 7) is 4.32. The van der Waals surface area contributed by atoms with E-state index < -0.39 is 18.3 Å². The molecule has 4 N–H and O–H groups in total. The first-order valence-corrected chi connectivity index (χ1v) is 7.03. The third-order valence-electron chi connectivity index (χ3n) is 3.38. The minimum atomic E-state index is -1.26. The van der Waals surface area contributed by atoms with Crippen LogP contribution in [0.3, 0.4) is 0 Å². The Balaban J connectivity index is 2.47. The van der Waals surface area contributed by atoms with Crippen molar-refractivity contribution >= 4 is 6.08 Å². The van der Waals surface area contributed by atoms with Gasteiger partial charge >= 0.3 is 0 Å². The number of aliphatic hydroxyl groups excluding tert-OH is 4. The number of hydrogen-bond donors (Lipinski definition) is 4. The van der Waals surface area contributed by atoms with Gasteiger partial charge in [-0.3, -0.25) is 4.90 Å². The van der Waals surface area contributed by atoms with Crippen LogP contribution in [0.2, 0.25) is 0 Å². The fourth-order valence-electron chi connectivity index (χ4n) is 2.12. The summed E-state index contributed by atoms with van der Waals surface area (Å²) in [6, 6.07) is 7.90. The summed E-state index contributed by atoms with van der Waals surface area (Å²) in [5, 5.41) is 37.9. The van der Waals surface area contributed by atoms with E-state index in [4.69, 9.17) is 5.11 Å². The van der Waals surface area contributed by atoms with Gasteiger partial charge in [0.2, 0.25) is 0 Å². The zero-order chi connectivity index (χ0) is 15.8. The average Bonchev–Trinajstić information content (AvgIpc) is 2.47. The normalized spacial score (nSPS) is 15.7. The van der Waals surface area contributed by atoms with Gasteiger partial charge in [0.25, 0.3) is 0 Å². The summed E-state index contributed by atoms with van der Waals surface area (Å²) in [7, 11) is 1.83. The molecule has 0 aliphatic carbocycles. The molecule has 0 spiro atoms. The Morgan fingerprint density at radius 3 is 2.29 bits per heavy atom. The van der Waals surface area contributed by atoms with Crippen molar-refractivity contribution in [1.82, 2.24) is 4.90 Å². The molecule has 1 aromatic rings. The Morgan fingerprint density at radius 1 is 1.14 bits per heavy atom. The number of benzene rings is 1. The maximum atomic E-state index is 9.90. The van der Waals surface area contributed by atoms with Crippen LogP contribution in [0.4, 0.5) is 0 Å². The first kappa shape index (κ1) is 17.8. The quantitative estimate of drug-likeness (QED) is 0.524. The lowest BCUT2D eigenvalue weighted by Crippen LogP contribution is -2.43. The molecule has 0 aliphatic heterocycles. The zero-order valence-corrected chi connectivity index (χ0v) is 12.4. The van der Waals surface area contributed by atoms with Crippen LogP contribution in [0.5, 0.6) is 0 Å². The van der Waals surface area contributed by atoms with Crippen molar-refractivity contribution in [1.29, 1.82) is 0 Å². The van der Waals surface area contributed by atoms with E-state index in [-0.39, 0.29) is 19.6 Å². The van der Waals surface area contributed by atoms with E-state index >= 15 is 0 Å². The number of aliphatic hydroxyl groups is 4. The third kappa shape index (κ3) is 5.95. The van der Waals surface area contributed by atoms with Crippen LogP contribution in [0.1, 0.15) is 17.5 Å². The predicted molar refractivity (Wildman–Crippen MR) is 82.6 cm³/mol. The van der Waals surface area contributed by atoms with E-state index in [0.717, 1.165) is 11.1 Å². The molecule has 1 aromatic carbocycles. The minimum absolute atomic E-state index is 0.0466. The van der Waals surface area contributed by atoms with Crippen LogP contribution in [0, 0.1) is 0 Å². The smallest absolute Gasteiger partial charge is 0.107 e. The number of nitrogens with zero attached hydrogens (tertiary/aromatic N) is 1. The fraction of sp³-hybridized carbons (Fsp3) is 0.500. The lowest BCUT2D eigenvalue weighted by atomic mass is 10.0. The Kier molecular flexibility index (Phi) is 7.56. The number of hydrogen-bond acceptors (Lipinski definition) is 5. The highest BCUT2D eigenvalue weighted by molar-refractivity contribution is 5.47. The number of rotatable bonds is 9. The highest BCUT2D eigenvalue weighted by Gasteiger charge is 2.25. The number of likely N-dealkylation sites (N-methyl/N-ethyl adjacent to an activating group) is 1. The molecule has 5 heteroatoms. The van der Waals surface area contributed by atoms with Crippen molar-refractivity contribution in [2.75, 3.05) is 20.2 Å². The minimum Gasteiger partial charge on any atom is -0.396 e. The summed E-state index contributed by atoms with van der Waals surface area (Å²) in [5.41, 5.74) is 2.13. The largest absolute Gasteiger partial charge is 0.396 e. The molecule has 0 saturated carbocycles. The molecule has 0 radical (unpaired) electrons. The molecule has 1 rings (SSSR count). The molecule has 5 nitrogen and oxygen atoms in total. The van der Waals surface area contributed by atoms with Gasteiger partial charge in [-0.2, -0.15) is 0 Å². The second kappa shape index (κ2) is 8.92. The van der Waals surface area contributed by atoms with E-state index in [1.165, 1.54) is 0 Å². The van der Waals surface area contributed by atoms with Gasteiger partial charge in [0.1, 0.15) is 6.10 Å². The van der Waals surface area contributed by atoms with Gasteiger partial charge < -0.3 is 20.4 Å². The van der Waals surface area contributed by atoms with Gasteiger partial charge in [0, 0.05) is 19.7 Å². The zero-order valence-electron chi connectivity index (χ0n) is 12.4. The van der Waals surface area contributed by atoms with Crippen LogP contribution in [0.25, 0.3) is 6.08 Å². The Labute approximate surface area is 125 Å². The first-order chi connectivity index (χ1) is 9.97. The van der Waals surface area contributed by atoms with Crippen molar-refractivity contribution in [3.8, 4) is 0 Å². The van der Waals surface area contributed by atoms with Crippen molar-refractivity contribution in [2.24, 2.45) is 0 Å². The summed E-state index contributed by atoms with van der Waals surface area (Å²) in [6.07, 6.45) is -1.63. The van der Waals surface area contributed by atoms with E-state index in [9.17, 15) is 15.3 Å². The topological polar surface area (TPSA) is 84.2 Å². The maximum Gasteiger partial charge on any atom is 0.107 e. The van der Waals surface area contributed by atoms with Gasteiger partial charge in [-0.05, 0) is 24.6 Å². The van der Waals surface area contributed by atoms with Crippen molar-refractivity contribution < 1.29 is 20.4 Å². The lowest BCUT2D eigenvalue weighted by Gasteiger charge is -2.26. The summed E-state index contributed by atoms with van der Waals surface area (Å²) < 4.78 is 0. The monoisotopic (exact) mass is 295 g/mol. The molecule has 0 heterocycles. The molecule has 21 heavy (non-hydrogen) atoms. The second-order valence-corrected chi connectivity index (χ2v) is 5.28. The van der Waals surface area contributed by atoms with Gasteiger partial charge in [-0.1, -0.05) is 36.9 Å². The molecular weight excluding hydrogens is 270 g/mol. The van der Waals surface area contributed by atoms with E-state index in [2.05, 4.69) is 6.58 Å². The van der Waals surface area contributed by atoms with Crippen LogP contribution < -0.4 is 0 Å². The van der Waals surface area contributed by atoms with Gasteiger partial charge in [0.15, 0.2) is 0 Å². The summed E-state index contributed by atoms with van der Waals surface area (Å²) >= 11 is 0. The summed E-state index contributed by atoms with van der Waals surface area (Å²) in [4.78, 5) is 1.86. The fourth-order valence-corrected chi connectivity index (χ4v) is 2.12. The Hall–Kier alpha value is -1.24. The predicted octanol–water partition coefficient (Wildman–Crippen LogP) is 0.226.